The predicted molar refractivity (Wildman–Crippen MR) is 81.1 cm³/mol. The van der Waals surface area contributed by atoms with Gasteiger partial charge in [-0.25, -0.2) is 15.0 Å². The van der Waals surface area contributed by atoms with Crippen molar-refractivity contribution < 1.29 is 14.6 Å². The number of aliphatic hydroxyl groups is 1. The van der Waals surface area contributed by atoms with Gasteiger partial charge in [-0.2, -0.15) is 0 Å². The van der Waals surface area contributed by atoms with Gasteiger partial charge in [-0.05, 0) is 13.8 Å². The molecule has 118 valence electrons. The molecule has 4 heterocycles. The zero-order valence-corrected chi connectivity index (χ0v) is 13.0. The van der Waals surface area contributed by atoms with E-state index < -0.39 is 11.9 Å². The molecule has 0 saturated carbocycles. The van der Waals surface area contributed by atoms with Crippen molar-refractivity contribution in [2.45, 2.75) is 42.5 Å². The van der Waals surface area contributed by atoms with Crippen LogP contribution in [0.2, 0.25) is 0 Å². The average Bonchev–Trinajstić information content (AvgIpc) is 3.01. The molecule has 2 aromatic rings. The molecule has 22 heavy (non-hydrogen) atoms. The van der Waals surface area contributed by atoms with Crippen LogP contribution in [0.4, 0.5) is 5.82 Å². The smallest absolute Gasteiger partial charge is 0.166 e. The van der Waals surface area contributed by atoms with E-state index in [2.05, 4.69) is 15.0 Å². The van der Waals surface area contributed by atoms with E-state index in [1.807, 2.05) is 18.4 Å². The number of anilines is 1. The number of imidazole rings is 1. The molecule has 2 fully saturated rings. The number of rotatable bonds is 1. The summed E-state index contributed by atoms with van der Waals surface area (Å²) in [6, 6.07) is 0. The molecule has 2 aromatic heterocycles. The molecule has 4 unspecified atom stereocenters. The quantitative estimate of drug-likeness (QED) is 0.782. The Morgan fingerprint density at radius 1 is 1.41 bits per heavy atom. The van der Waals surface area contributed by atoms with Gasteiger partial charge in [-0.15, -0.1) is 11.8 Å². The minimum atomic E-state index is -0.679. The number of hydrogen-bond acceptors (Lipinski definition) is 8. The molecule has 2 saturated heterocycles. The summed E-state index contributed by atoms with van der Waals surface area (Å²) in [7, 11) is 0. The van der Waals surface area contributed by atoms with E-state index in [9.17, 15) is 5.11 Å². The highest BCUT2D eigenvalue weighted by Gasteiger charge is 2.50. The average molecular weight is 323 g/mol. The second-order valence-corrected chi connectivity index (χ2v) is 7.29. The molecule has 0 radical (unpaired) electrons. The number of aliphatic hydroxyl groups excluding tert-OH is 1. The number of thioether (sulfide) groups is 1. The molecule has 0 amide bonds. The number of nitrogens with zero attached hydrogens (tertiary/aromatic N) is 4. The lowest BCUT2D eigenvalue weighted by atomic mass is 10.1. The minimum absolute atomic E-state index is 0.0738. The summed E-state index contributed by atoms with van der Waals surface area (Å²) in [5, 5.41) is 10.5. The third-order valence-corrected chi connectivity index (χ3v) is 5.52. The van der Waals surface area contributed by atoms with Crippen molar-refractivity contribution in [2.75, 3.05) is 12.3 Å². The van der Waals surface area contributed by atoms with E-state index in [0.29, 0.717) is 23.6 Å². The van der Waals surface area contributed by atoms with Crippen molar-refractivity contribution in [1.82, 2.24) is 19.5 Å². The molecule has 4 rings (SSSR count). The van der Waals surface area contributed by atoms with Crippen LogP contribution in [0.15, 0.2) is 12.7 Å². The van der Waals surface area contributed by atoms with Crippen LogP contribution in [0.1, 0.15) is 19.2 Å². The van der Waals surface area contributed by atoms with E-state index in [1.165, 1.54) is 6.33 Å². The van der Waals surface area contributed by atoms with Gasteiger partial charge in [0.05, 0.1) is 18.2 Å². The summed E-state index contributed by atoms with van der Waals surface area (Å²) in [4.78, 5) is 12.4. The van der Waals surface area contributed by atoms with Gasteiger partial charge >= 0.3 is 0 Å². The summed E-state index contributed by atoms with van der Waals surface area (Å²) in [6.07, 6.45) is 2.08. The molecule has 2 aliphatic heterocycles. The van der Waals surface area contributed by atoms with Crippen molar-refractivity contribution >= 4 is 28.7 Å². The highest BCUT2D eigenvalue weighted by atomic mass is 32.2. The summed E-state index contributed by atoms with van der Waals surface area (Å²) in [6.45, 7) is 4.25. The Bertz CT molecular complexity index is 721. The van der Waals surface area contributed by atoms with E-state index in [0.717, 1.165) is 0 Å². The van der Waals surface area contributed by atoms with Crippen molar-refractivity contribution in [1.29, 1.82) is 0 Å². The van der Waals surface area contributed by atoms with Gasteiger partial charge in [0.25, 0.3) is 0 Å². The van der Waals surface area contributed by atoms with Crippen molar-refractivity contribution in [3.8, 4) is 0 Å². The van der Waals surface area contributed by atoms with Crippen LogP contribution in [-0.4, -0.2) is 54.5 Å². The molecule has 8 nitrogen and oxygen atoms in total. The Balaban J connectivity index is 1.70. The minimum Gasteiger partial charge on any atom is -0.387 e. The number of nitrogens with two attached hydrogens (primary N) is 1. The van der Waals surface area contributed by atoms with Crippen LogP contribution in [0.25, 0.3) is 11.2 Å². The van der Waals surface area contributed by atoms with Gasteiger partial charge in [-0.3, -0.25) is 4.57 Å². The second-order valence-electron chi connectivity index (χ2n) is 5.93. The number of ether oxygens (including phenoxy) is 2. The van der Waals surface area contributed by atoms with Crippen LogP contribution in [0.3, 0.4) is 0 Å². The van der Waals surface area contributed by atoms with Gasteiger partial charge in [-0.1, -0.05) is 0 Å². The molecular weight excluding hydrogens is 306 g/mol. The van der Waals surface area contributed by atoms with Gasteiger partial charge in [0, 0.05) is 0 Å². The number of aromatic nitrogens is 4. The fourth-order valence-corrected chi connectivity index (χ4v) is 4.41. The molecule has 0 bridgehead atoms. The number of fused-ring (bicyclic) bond motifs is 2. The Hall–Kier alpha value is -1.42. The largest absolute Gasteiger partial charge is 0.387 e. The molecular formula is C13H17N5O3S. The Labute approximate surface area is 131 Å². The predicted octanol–water partition coefficient (Wildman–Crippen LogP) is 0.535. The lowest BCUT2D eigenvalue weighted by Crippen LogP contribution is -2.49. The second kappa shape index (κ2) is 4.79. The highest BCUT2D eigenvalue weighted by Crippen LogP contribution is 2.47. The number of nitrogen functional groups attached to an aromatic ring is 1. The summed E-state index contributed by atoms with van der Waals surface area (Å²) in [5.41, 5.74) is 6.97. The van der Waals surface area contributed by atoms with Crippen LogP contribution in [0.5, 0.6) is 0 Å². The highest BCUT2D eigenvalue weighted by molar-refractivity contribution is 8.00. The fraction of sp³-hybridized carbons (Fsp3) is 0.615. The zero-order valence-electron chi connectivity index (χ0n) is 12.2. The number of hydrogen-bond donors (Lipinski definition) is 2. The third kappa shape index (κ3) is 2.08. The fourth-order valence-electron chi connectivity index (χ4n) is 2.93. The normalized spacial score (nSPS) is 34.0. The first-order chi connectivity index (χ1) is 10.5. The molecule has 0 aromatic carbocycles. The Morgan fingerprint density at radius 3 is 3.05 bits per heavy atom. The summed E-state index contributed by atoms with van der Waals surface area (Å²) in [5.74, 6) is -0.347. The molecule has 2 aliphatic rings. The van der Waals surface area contributed by atoms with Crippen molar-refractivity contribution in [3.63, 3.8) is 0 Å². The first kappa shape index (κ1) is 14.2. The van der Waals surface area contributed by atoms with E-state index in [-0.39, 0.29) is 16.7 Å². The molecule has 3 N–H and O–H groups in total. The summed E-state index contributed by atoms with van der Waals surface area (Å²) < 4.78 is 13.4. The van der Waals surface area contributed by atoms with E-state index in [4.69, 9.17) is 15.2 Å². The lowest BCUT2D eigenvalue weighted by Gasteiger charge is -2.38. The maximum absolute atomic E-state index is 10.7. The van der Waals surface area contributed by atoms with Gasteiger partial charge in [0.15, 0.2) is 17.3 Å². The Kier molecular flexibility index (Phi) is 3.09. The molecule has 4 atom stereocenters. The van der Waals surface area contributed by atoms with Gasteiger partial charge < -0.3 is 20.3 Å². The Morgan fingerprint density at radius 2 is 2.23 bits per heavy atom. The first-order valence-corrected chi connectivity index (χ1v) is 7.99. The standard InChI is InChI=1S/C13H17N5O3S/c1-13(2)20-3-6-9(21-13)8(19)12(22-6)18-5-17-7-10(14)15-4-16-11(7)18/h4-6,8-9,12,19H,3H2,1-2H3,(H2,14,15,16). The third-order valence-electron chi connectivity index (χ3n) is 3.99. The van der Waals surface area contributed by atoms with E-state index in [1.54, 1.807) is 18.1 Å². The molecule has 0 aliphatic carbocycles. The first-order valence-electron chi connectivity index (χ1n) is 7.04. The topological polar surface area (TPSA) is 108 Å². The van der Waals surface area contributed by atoms with Gasteiger partial charge in [0.2, 0.25) is 0 Å². The zero-order chi connectivity index (χ0) is 15.5. The SMILES string of the molecule is CC1(C)OCC2SC(n3cnc4c(N)ncnc43)C(O)C2O1. The van der Waals surface area contributed by atoms with Crippen LogP contribution in [-0.2, 0) is 9.47 Å². The lowest BCUT2D eigenvalue weighted by molar-refractivity contribution is -0.282. The molecule has 0 spiro atoms. The monoisotopic (exact) mass is 323 g/mol. The molecule has 9 heteroatoms. The van der Waals surface area contributed by atoms with Crippen LogP contribution < -0.4 is 5.73 Å². The van der Waals surface area contributed by atoms with Crippen molar-refractivity contribution in [3.05, 3.63) is 12.7 Å². The van der Waals surface area contributed by atoms with Crippen LogP contribution in [0, 0.1) is 0 Å². The van der Waals surface area contributed by atoms with Crippen molar-refractivity contribution in [2.24, 2.45) is 0 Å². The van der Waals surface area contributed by atoms with Crippen LogP contribution >= 0.6 is 11.8 Å². The maximum atomic E-state index is 10.7. The summed E-state index contributed by atoms with van der Waals surface area (Å²) >= 11 is 1.60. The maximum Gasteiger partial charge on any atom is 0.166 e. The van der Waals surface area contributed by atoms with Gasteiger partial charge in [0.1, 0.15) is 29.4 Å². The van der Waals surface area contributed by atoms with E-state index >= 15 is 0 Å².